The van der Waals surface area contributed by atoms with Crippen LogP contribution >= 0.6 is 0 Å². The number of ether oxygens (including phenoxy) is 2. The van der Waals surface area contributed by atoms with Crippen molar-refractivity contribution in [2.24, 2.45) is 5.73 Å². The number of hydrogen-bond acceptors (Lipinski definition) is 4. The maximum atomic E-state index is 11.6. The fraction of sp³-hybridized carbons (Fsp3) is 0.500. The predicted octanol–water partition coefficient (Wildman–Crippen LogP) is 2.12. The van der Waals surface area contributed by atoms with Crippen molar-refractivity contribution in [3.05, 3.63) is 29.8 Å². The van der Waals surface area contributed by atoms with Crippen LogP contribution in [0, 0.1) is 0 Å². The summed E-state index contributed by atoms with van der Waals surface area (Å²) in [5.41, 5.74) is 6.34. The van der Waals surface area contributed by atoms with Gasteiger partial charge >= 0.3 is 5.97 Å². The van der Waals surface area contributed by atoms with Crippen LogP contribution in [-0.4, -0.2) is 25.2 Å². The normalized spacial score (nSPS) is 23.4. The van der Waals surface area contributed by atoms with Gasteiger partial charge in [0.05, 0.1) is 13.2 Å². The minimum atomic E-state index is -0.363. The zero-order valence-corrected chi connectivity index (χ0v) is 10.6. The number of methoxy groups -OCH3 is 1. The lowest BCUT2D eigenvalue weighted by Gasteiger charge is -2.27. The van der Waals surface area contributed by atoms with Crippen LogP contribution in [0.25, 0.3) is 0 Å². The van der Waals surface area contributed by atoms with E-state index in [1.165, 1.54) is 7.11 Å². The molecule has 0 atom stereocenters. The molecule has 1 aliphatic rings. The van der Waals surface area contributed by atoms with Gasteiger partial charge in [-0.15, -0.1) is 0 Å². The summed E-state index contributed by atoms with van der Waals surface area (Å²) in [5, 5.41) is 0. The molecule has 0 unspecified atom stereocenters. The van der Waals surface area contributed by atoms with E-state index in [-0.39, 0.29) is 12.1 Å². The standard InChI is InChI=1S/C14H19NO3/c1-17-14(16)12-4-2-3-5-13(12)18-11-8-6-10(15)7-9-11/h2-5,10-11H,6-9,15H2,1H3. The molecule has 2 N–H and O–H groups in total. The summed E-state index contributed by atoms with van der Waals surface area (Å²) < 4.78 is 10.6. The van der Waals surface area contributed by atoms with Crippen LogP contribution < -0.4 is 10.5 Å². The molecule has 4 nitrogen and oxygen atoms in total. The fourth-order valence-electron chi connectivity index (χ4n) is 2.23. The van der Waals surface area contributed by atoms with Crippen molar-refractivity contribution in [3.8, 4) is 5.75 Å². The van der Waals surface area contributed by atoms with Crippen molar-refractivity contribution < 1.29 is 14.3 Å². The van der Waals surface area contributed by atoms with Crippen LogP contribution in [0.5, 0.6) is 5.75 Å². The van der Waals surface area contributed by atoms with Crippen LogP contribution in [0.15, 0.2) is 24.3 Å². The highest BCUT2D eigenvalue weighted by Gasteiger charge is 2.22. The summed E-state index contributed by atoms with van der Waals surface area (Å²) in [7, 11) is 1.37. The second-order valence-electron chi connectivity index (χ2n) is 4.64. The molecule has 0 amide bonds. The van der Waals surface area contributed by atoms with Gasteiger partial charge in [0.2, 0.25) is 0 Å². The highest BCUT2D eigenvalue weighted by Crippen LogP contribution is 2.26. The number of para-hydroxylation sites is 1. The minimum Gasteiger partial charge on any atom is -0.490 e. The number of esters is 1. The first-order chi connectivity index (χ1) is 8.70. The average molecular weight is 249 g/mol. The van der Waals surface area contributed by atoms with Gasteiger partial charge in [-0.3, -0.25) is 0 Å². The monoisotopic (exact) mass is 249 g/mol. The molecular formula is C14H19NO3. The van der Waals surface area contributed by atoms with Gasteiger partial charge in [0.1, 0.15) is 11.3 Å². The predicted molar refractivity (Wildman–Crippen MR) is 68.6 cm³/mol. The van der Waals surface area contributed by atoms with Crippen molar-refractivity contribution in [1.82, 2.24) is 0 Å². The summed E-state index contributed by atoms with van der Waals surface area (Å²) in [6.07, 6.45) is 3.99. The van der Waals surface area contributed by atoms with Gasteiger partial charge in [-0.05, 0) is 37.8 Å². The number of benzene rings is 1. The molecule has 1 aliphatic carbocycles. The molecule has 1 aromatic carbocycles. The maximum Gasteiger partial charge on any atom is 0.341 e. The van der Waals surface area contributed by atoms with E-state index >= 15 is 0 Å². The van der Waals surface area contributed by atoms with E-state index in [1.54, 1.807) is 18.2 Å². The Morgan fingerprint density at radius 2 is 1.89 bits per heavy atom. The summed E-state index contributed by atoms with van der Waals surface area (Å²) in [6, 6.07) is 7.48. The number of rotatable bonds is 3. The molecule has 98 valence electrons. The number of carbonyl (C=O) groups is 1. The molecule has 18 heavy (non-hydrogen) atoms. The van der Waals surface area contributed by atoms with Crippen molar-refractivity contribution in [2.45, 2.75) is 37.8 Å². The largest absolute Gasteiger partial charge is 0.490 e. The SMILES string of the molecule is COC(=O)c1ccccc1OC1CCC(N)CC1. The van der Waals surface area contributed by atoms with Crippen molar-refractivity contribution in [2.75, 3.05) is 7.11 Å². The molecule has 0 radical (unpaired) electrons. The van der Waals surface area contributed by atoms with Gasteiger partial charge in [-0.2, -0.15) is 0 Å². The molecule has 2 rings (SSSR count). The van der Waals surface area contributed by atoms with Crippen molar-refractivity contribution in [3.63, 3.8) is 0 Å². The first-order valence-electron chi connectivity index (χ1n) is 6.30. The lowest BCUT2D eigenvalue weighted by Crippen LogP contribution is -2.32. The average Bonchev–Trinajstić information content (AvgIpc) is 2.41. The number of hydrogen-bond donors (Lipinski definition) is 1. The zero-order valence-electron chi connectivity index (χ0n) is 10.6. The van der Waals surface area contributed by atoms with Gasteiger partial charge in [-0.25, -0.2) is 4.79 Å². The smallest absolute Gasteiger partial charge is 0.341 e. The molecule has 0 aromatic heterocycles. The first-order valence-corrected chi connectivity index (χ1v) is 6.30. The summed E-state index contributed by atoms with van der Waals surface area (Å²) in [6.45, 7) is 0. The van der Waals surface area contributed by atoms with E-state index in [2.05, 4.69) is 0 Å². The highest BCUT2D eigenvalue weighted by atomic mass is 16.5. The van der Waals surface area contributed by atoms with Crippen molar-refractivity contribution >= 4 is 5.97 Å². The Balaban J connectivity index is 2.07. The Hall–Kier alpha value is -1.55. The number of nitrogens with two attached hydrogens (primary N) is 1. The Bertz CT molecular complexity index is 411. The van der Waals surface area contributed by atoms with E-state index in [4.69, 9.17) is 15.2 Å². The van der Waals surface area contributed by atoms with Gasteiger partial charge < -0.3 is 15.2 Å². The van der Waals surface area contributed by atoms with Crippen LogP contribution in [0.1, 0.15) is 36.0 Å². The number of carbonyl (C=O) groups excluding carboxylic acids is 1. The summed E-state index contributed by atoms with van der Waals surface area (Å²) in [4.78, 5) is 11.6. The second kappa shape index (κ2) is 5.87. The lowest BCUT2D eigenvalue weighted by atomic mass is 9.93. The summed E-state index contributed by atoms with van der Waals surface area (Å²) >= 11 is 0. The van der Waals surface area contributed by atoms with Gasteiger partial charge in [0.15, 0.2) is 0 Å². The van der Waals surface area contributed by atoms with Gasteiger partial charge in [0, 0.05) is 6.04 Å². The van der Waals surface area contributed by atoms with Crippen LogP contribution in [0.4, 0.5) is 0 Å². The van der Waals surface area contributed by atoms with Crippen LogP contribution in [0.2, 0.25) is 0 Å². The molecule has 1 saturated carbocycles. The Kier molecular flexibility index (Phi) is 4.20. The van der Waals surface area contributed by atoms with Crippen LogP contribution in [-0.2, 0) is 4.74 Å². The third-order valence-corrected chi connectivity index (χ3v) is 3.30. The van der Waals surface area contributed by atoms with E-state index in [1.807, 2.05) is 6.07 Å². The first kappa shape index (κ1) is 12.9. The third-order valence-electron chi connectivity index (χ3n) is 3.30. The van der Waals surface area contributed by atoms with Gasteiger partial charge in [-0.1, -0.05) is 12.1 Å². The van der Waals surface area contributed by atoms with E-state index in [0.29, 0.717) is 17.4 Å². The molecule has 0 spiro atoms. The second-order valence-corrected chi connectivity index (χ2v) is 4.64. The quantitative estimate of drug-likeness (QED) is 0.833. The molecule has 0 heterocycles. The van der Waals surface area contributed by atoms with E-state index < -0.39 is 0 Å². The van der Waals surface area contributed by atoms with Gasteiger partial charge in [0.25, 0.3) is 0 Å². The molecule has 1 aromatic rings. The highest BCUT2D eigenvalue weighted by molar-refractivity contribution is 5.92. The lowest BCUT2D eigenvalue weighted by molar-refractivity contribution is 0.0590. The molecular weight excluding hydrogens is 230 g/mol. The fourth-order valence-corrected chi connectivity index (χ4v) is 2.23. The zero-order chi connectivity index (χ0) is 13.0. The van der Waals surface area contributed by atoms with E-state index in [0.717, 1.165) is 25.7 Å². The molecule has 1 fully saturated rings. The Morgan fingerprint density at radius 3 is 2.56 bits per heavy atom. The third kappa shape index (κ3) is 3.01. The maximum absolute atomic E-state index is 11.6. The molecule has 0 saturated heterocycles. The molecule has 4 heteroatoms. The van der Waals surface area contributed by atoms with Crippen LogP contribution in [0.3, 0.4) is 0 Å². The van der Waals surface area contributed by atoms with E-state index in [9.17, 15) is 4.79 Å². The Morgan fingerprint density at radius 1 is 1.22 bits per heavy atom. The molecule has 0 aliphatic heterocycles. The Labute approximate surface area is 107 Å². The summed E-state index contributed by atoms with van der Waals surface area (Å²) in [5.74, 6) is 0.239. The van der Waals surface area contributed by atoms with Crippen molar-refractivity contribution in [1.29, 1.82) is 0 Å². The topological polar surface area (TPSA) is 61.5 Å². The minimum absolute atomic E-state index is 0.149. The molecule has 0 bridgehead atoms.